The van der Waals surface area contributed by atoms with E-state index in [0.29, 0.717) is 18.7 Å². The molecule has 1 N–H and O–H groups in total. The molecule has 1 heterocycles. The third kappa shape index (κ3) is 3.78. The molecule has 1 saturated carbocycles. The van der Waals surface area contributed by atoms with E-state index in [4.69, 9.17) is 9.47 Å². The fourth-order valence-electron chi connectivity index (χ4n) is 4.11. The van der Waals surface area contributed by atoms with Crippen molar-refractivity contribution in [1.82, 2.24) is 4.90 Å². The van der Waals surface area contributed by atoms with Gasteiger partial charge in [0.25, 0.3) is 5.91 Å². The fourth-order valence-corrected chi connectivity index (χ4v) is 4.11. The predicted octanol–water partition coefficient (Wildman–Crippen LogP) is 4.22. The largest absolute Gasteiger partial charge is 0.497 e. The van der Waals surface area contributed by atoms with Crippen molar-refractivity contribution >= 4 is 17.3 Å². The number of methoxy groups -OCH3 is 1. The molecule has 1 aliphatic carbocycles. The SMILES string of the molecule is COc1ccc(Nc2ccccc2C(=O)N2CCOC3CCCCC32)cc1. The number of rotatable bonds is 4. The molecule has 27 heavy (non-hydrogen) atoms. The van der Waals surface area contributed by atoms with Crippen LogP contribution in [0.1, 0.15) is 36.0 Å². The number of benzene rings is 2. The zero-order valence-electron chi connectivity index (χ0n) is 15.7. The maximum absolute atomic E-state index is 13.4. The van der Waals surface area contributed by atoms with Gasteiger partial charge in [0, 0.05) is 12.2 Å². The minimum Gasteiger partial charge on any atom is -0.497 e. The van der Waals surface area contributed by atoms with E-state index in [1.54, 1.807) is 7.11 Å². The van der Waals surface area contributed by atoms with Gasteiger partial charge in [0.2, 0.25) is 0 Å². The van der Waals surface area contributed by atoms with Crippen molar-refractivity contribution in [2.24, 2.45) is 0 Å². The Bertz CT molecular complexity index is 788. The van der Waals surface area contributed by atoms with E-state index < -0.39 is 0 Å². The molecule has 0 radical (unpaired) electrons. The Morgan fingerprint density at radius 1 is 1.11 bits per heavy atom. The van der Waals surface area contributed by atoms with Crippen LogP contribution in [-0.2, 0) is 4.74 Å². The minimum absolute atomic E-state index is 0.0896. The van der Waals surface area contributed by atoms with Crippen molar-refractivity contribution in [2.45, 2.75) is 37.8 Å². The third-order valence-corrected chi connectivity index (χ3v) is 5.52. The molecular weight excluding hydrogens is 340 g/mol. The summed E-state index contributed by atoms with van der Waals surface area (Å²) < 4.78 is 11.1. The fraction of sp³-hybridized carbons (Fsp3) is 0.409. The summed E-state index contributed by atoms with van der Waals surface area (Å²) in [6.07, 6.45) is 4.64. The molecule has 2 aromatic rings. The molecule has 2 unspecified atom stereocenters. The Hall–Kier alpha value is -2.53. The van der Waals surface area contributed by atoms with Gasteiger partial charge in [-0.25, -0.2) is 0 Å². The van der Waals surface area contributed by atoms with Gasteiger partial charge in [-0.3, -0.25) is 4.79 Å². The van der Waals surface area contributed by atoms with Crippen molar-refractivity contribution in [3.8, 4) is 5.75 Å². The van der Waals surface area contributed by atoms with Crippen LogP contribution >= 0.6 is 0 Å². The molecule has 1 aliphatic heterocycles. The number of para-hydroxylation sites is 1. The van der Waals surface area contributed by atoms with Crippen LogP contribution in [0.5, 0.6) is 5.75 Å². The molecular formula is C22H26N2O3. The third-order valence-electron chi connectivity index (χ3n) is 5.52. The number of nitrogens with one attached hydrogen (secondary N) is 1. The summed E-state index contributed by atoms with van der Waals surface area (Å²) in [5.74, 6) is 0.897. The standard InChI is InChI=1S/C22H26N2O3/c1-26-17-12-10-16(11-13-17)23-19-7-3-2-6-18(19)22(25)24-14-15-27-21-9-5-4-8-20(21)24/h2-3,6-7,10-13,20-21,23H,4-5,8-9,14-15H2,1H3. The lowest BCUT2D eigenvalue weighted by Crippen LogP contribution is -2.54. The van der Waals surface area contributed by atoms with Gasteiger partial charge < -0.3 is 19.7 Å². The Labute approximate surface area is 160 Å². The number of anilines is 2. The van der Waals surface area contributed by atoms with E-state index in [0.717, 1.165) is 30.0 Å². The van der Waals surface area contributed by atoms with E-state index in [9.17, 15) is 4.79 Å². The topological polar surface area (TPSA) is 50.8 Å². The Morgan fingerprint density at radius 3 is 2.70 bits per heavy atom. The lowest BCUT2D eigenvalue weighted by Gasteiger charge is -2.44. The summed E-state index contributed by atoms with van der Waals surface area (Å²) in [7, 11) is 1.65. The second-order valence-electron chi connectivity index (χ2n) is 7.16. The van der Waals surface area contributed by atoms with Gasteiger partial charge in [-0.2, -0.15) is 0 Å². The highest BCUT2D eigenvalue weighted by molar-refractivity contribution is 6.00. The van der Waals surface area contributed by atoms with Crippen LogP contribution in [0.15, 0.2) is 48.5 Å². The molecule has 0 spiro atoms. The average molecular weight is 366 g/mol. The Kier molecular flexibility index (Phi) is 5.30. The molecule has 4 rings (SSSR count). The minimum atomic E-state index is 0.0896. The summed E-state index contributed by atoms with van der Waals surface area (Å²) in [6.45, 7) is 1.29. The smallest absolute Gasteiger partial charge is 0.256 e. The Morgan fingerprint density at radius 2 is 1.89 bits per heavy atom. The lowest BCUT2D eigenvalue weighted by atomic mass is 9.89. The highest BCUT2D eigenvalue weighted by Crippen LogP contribution is 2.31. The summed E-state index contributed by atoms with van der Waals surface area (Å²) in [5.41, 5.74) is 2.46. The van der Waals surface area contributed by atoms with Crippen LogP contribution in [0.2, 0.25) is 0 Å². The number of nitrogens with zero attached hydrogens (tertiary/aromatic N) is 1. The molecule has 5 nitrogen and oxygen atoms in total. The number of hydrogen-bond donors (Lipinski definition) is 1. The number of fused-ring (bicyclic) bond motifs is 1. The van der Waals surface area contributed by atoms with Crippen molar-refractivity contribution in [3.05, 3.63) is 54.1 Å². The Balaban J connectivity index is 1.57. The van der Waals surface area contributed by atoms with Crippen LogP contribution in [0.25, 0.3) is 0 Å². The molecule has 2 aromatic carbocycles. The van der Waals surface area contributed by atoms with Crippen molar-refractivity contribution < 1.29 is 14.3 Å². The maximum atomic E-state index is 13.4. The van der Waals surface area contributed by atoms with Crippen molar-refractivity contribution in [2.75, 3.05) is 25.6 Å². The first kappa shape index (κ1) is 17.9. The van der Waals surface area contributed by atoms with E-state index >= 15 is 0 Å². The molecule has 142 valence electrons. The van der Waals surface area contributed by atoms with Crippen LogP contribution in [0.3, 0.4) is 0 Å². The van der Waals surface area contributed by atoms with Gasteiger partial charge >= 0.3 is 0 Å². The number of carbonyl (C=O) groups excluding carboxylic acids is 1. The van der Waals surface area contributed by atoms with E-state index in [1.807, 2.05) is 53.4 Å². The second-order valence-corrected chi connectivity index (χ2v) is 7.16. The zero-order chi connectivity index (χ0) is 18.6. The summed E-state index contributed by atoms with van der Waals surface area (Å²) in [5, 5.41) is 3.38. The number of ether oxygens (including phenoxy) is 2. The number of hydrogen-bond acceptors (Lipinski definition) is 4. The molecule has 2 aliphatic rings. The zero-order valence-corrected chi connectivity index (χ0v) is 15.7. The van der Waals surface area contributed by atoms with Crippen molar-refractivity contribution in [3.63, 3.8) is 0 Å². The van der Waals surface area contributed by atoms with E-state index in [-0.39, 0.29) is 18.1 Å². The maximum Gasteiger partial charge on any atom is 0.256 e. The highest BCUT2D eigenvalue weighted by Gasteiger charge is 2.37. The van der Waals surface area contributed by atoms with Crippen LogP contribution in [0.4, 0.5) is 11.4 Å². The summed E-state index contributed by atoms with van der Waals surface area (Å²) in [6, 6.07) is 15.6. The van der Waals surface area contributed by atoms with Gasteiger partial charge in [-0.1, -0.05) is 25.0 Å². The molecule has 0 aromatic heterocycles. The van der Waals surface area contributed by atoms with Crippen LogP contribution < -0.4 is 10.1 Å². The molecule has 2 fully saturated rings. The van der Waals surface area contributed by atoms with Crippen molar-refractivity contribution in [1.29, 1.82) is 0 Å². The second kappa shape index (κ2) is 8.01. The normalized spacial score (nSPS) is 22.0. The first-order chi connectivity index (χ1) is 13.3. The first-order valence-electron chi connectivity index (χ1n) is 9.69. The monoisotopic (exact) mass is 366 g/mol. The average Bonchev–Trinajstić information content (AvgIpc) is 2.74. The van der Waals surface area contributed by atoms with Gasteiger partial charge in [0.05, 0.1) is 37.1 Å². The van der Waals surface area contributed by atoms with Gasteiger partial charge in [0.1, 0.15) is 5.75 Å². The molecule has 5 heteroatoms. The molecule has 0 bridgehead atoms. The van der Waals surface area contributed by atoms with Crippen LogP contribution in [0, 0.1) is 0 Å². The van der Waals surface area contributed by atoms with Gasteiger partial charge in [-0.05, 0) is 49.2 Å². The van der Waals surface area contributed by atoms with Crippen LogP contribution in [-0.4, -0.2) is 43.2 Å². The lowest BCUT2D eigenvalue weighted by molar-refractivity contribution is -0.0752. The van der Waals surface area contributed by atoms with E-state index in [2.05, 4.69) is 5.32 Å². The summed E-state index contributed by atoms with van der Waals surface area (Å²) in [4.78, 5) is 15.4. The molecule has 1 amide bonds. The number of carbonyl (C=O) groups is 1. The highest BCUT2D eigenvalue weighted by atomic mass is 16.5. The quantitative estimate of drug-likeness (QED) is 0.880. The van der Waals surface area contributed by atoms with Gasteiger partial charge in [0.15, 0.2) is 0 Å². The number of amides is 1. The molecule has 1 saturated heterocycles. The number of morpholine rings is 1. The summed E-state index contributed by atoms with van der Waals surface area (Å²) >= 11 is 0. The molecule has 2 atom stereocenters. The van der Waals surface area contributed by atoms with E-state index in [1.165, 1.54) is 12.8 Å². The predicted molar refractivity (Wildman–Crippen MR) is 106 cm³/mol. The first-order valence-corrected chi connectivity index (χ1v) is 9.69. The van der Waals surface area contributed by atoms with Gasteiger partial charge in [-0.15, -0.1) is 0 Å².